The lowest BCUT2D eigenvalue weighted by Gasteiger charge is -1.96. The molecule has 0 aromatic heterocycles. The normalized spacial score (nSPS) is 11.3. The minimum atomic E-state index is -4.05. The molecule has 0 saturated heterocycles. The van der Waals surface area contributed by atoms with Crippen LogP contribution in [-0.2, 0) is 18.1 Å². The molecule has 0 aliphatic rings. The molecule has 0 radical (unpaired) electrons. The van der Waals surface area contributed by atoms with Gasteiger partial charge < -0.3 is 0 Å². The summed E-state index contributed by atoms with van der Waals surface area (Å²) in [4.78, 5) is 9.18. The van der Waals surface area contributed by atoms with Crippen molar-refractivity contribution in [3.8, 4) is 0 Å². The maximum absolute atomic E-state index is 10.8. The van der Waals surface area contributed by atoms with E-state index in [4.69, 9.17) is 21.4 Å². The van der Waals surface area contributed by atoms with Crippen molar-refractivity contribution in [1.82, 2.24) is 0 Å². The first kappa shape index (κ1) is 20.8. The Balaban J connectivity index is 0.000000243. The largest absolute Gasteiger partial charge is 0.289 e. The Hall–Kier alpha value is -1.20. The zero-order chi connectivity index (χ0) is 18.5. The van der Waals surface area contributed by atoms with Gasteiger partial charge in [-0.3, -0.25) is 10.1 Å². The Bertz CT molecular complexity index is 963. The van der Waals surface area contributed by atoms with Gasteiger partial charge in [0.15, 0.2) is 4.90 Å². The summed E-state index contributed by atoms with van der Waals surface area (Å²) in [6.07, 6.45) is 0. The van der Waals surface area contributed by atoms with E-state index in [9.17, 15) is 26.9 Å². The third-order valence-electron chi connectivity index (χ3n) is 2.40. The molecular weight excluding hydrogens is 469 g/mol. The van der Waals surface area contributed by atoms with Gasteiger partial charge >= 0.3 is 0 Å². The molecule has 0 N–H and O–H groups in total. The molecular formula is C12H8BrCl2NO6S2. The van der Waals surface area contributed by atoms with Crippen LogP contribution in [0.1, 0.15) is 0 Å². The lowest BCUT2D eigenvalue weighted by molar-refractivity contribution is -0.387. The number of halogens is 3. The van der Waals surface area contributed by atoms with Crippen LogP contribution < -0.4 is 0 Å². The van der Waals surface area contributed by atoms with Crippen molar-refractivity contribution in [2.24, 2.45) is 0 Å². The lowest BCUT2D eigenvalue weighted by Crippen LogP contribution is -1.97. The molecule has 2 rings (SSSR count). The Morgan fingerprint density at radius 3 is 1.88 bits per heavy atom. The molecule has 0 spiro atoms. The Morgan fingerprint density at radius 1 is 0.917 bits per heavy atom. The van der Waals surface area contributed by atoms with Gasteiger partial charge in [-0.25, -0.2) is 16.8 Å². The second kappa shape index (κ2) is 8.26. The number of rotatable bonds is 3. The van der Waals surface area contributed by atoms with E-state index in [1.807, 2.05) is 0 Å². The maximum Gasteiger partial charge on any atom is 0.289 e. The highest BCUT2D eigenvalue weighted by molar-refractivity contribution is 9.10. The molecule has 0 amide bonds. The molecule has 2 aromatic rings. The van der Waals surface area contributed by atoms with Crippen LogP contribution in [0.4, 0.5) is 5.69 Å². The fourth-order valence-electron chi connectivity index (χ4n) is 1.43. The van der Waals surface area contributed by atoms with Crippen molar-refractivity contribution in [3.63, 3.8) is 0 Å². The molecule has 7 nitrogen and oxygen atoms in total. The predicted octanol–water partition coefficient (Wildman–Crippen LogP) is 3.90. The van der Waals surface area contributed by atoms with Gasteiger partial charge in [0, 0.05) is 31.9 Å². The number of benzene rings is 2. The highest BCUT2D eigenvalue weighted by Crippen LogP contribution is 2.25. The van der Waals surface area contributed by atoms with Gasteiger partial charge in [0.2, 0.25) is 0 Å². The molecule has 0 bridgehead atoms. The van der Waals surface area contributed by atoms with Crippen LogP contribution in [0.25, 0.3) is 0 Å². The summed E-state index contributed by atoms with van der Waals surface area (Å²) >= 11 is 3.13. The summed E-state index contributed by atoms with van der Waals surface area (Å²) in [6.45, 7) is 0. The average Bonchev–Trinajstić information content (AvgIpc) is 2.46. The second-order valence-corrected chi connectivity index (χ2v) is 10.1. The van der Waals surface area contributed by atoms with Crippen molar-refractivity contribution >= 4 is 61.1 Å². The smallest absolute Gasteiger partial charge is 0.258 e. The van der Waals surface area contributed by atoms with Crippen LogP contribution in [0.5, 0.6) is 0 Å². The minimum Gasteiger partial charge on any atom is -0.258 e. The van der Waals surface area contributed by atoms with Crippen molar-refractivity contribution in [2.75, 3.05) is 0 Å². The Morgan fingerprint density at radius 2 is 1.50 bits per heavy atom. The summed E-state index contributed by atoms with van der Waals surface area (Å²) in [5, 5.41) is 10.4. The number of nitrogens with zero attached hydrogens (tertiary/aromatic N) is 1. The first-order valence-electron chi connectivity index (χ1n) is 5.81. The van der Waals surface area contributed by atoms with Gasteiger partial charge in [-0.1, -0.05) is 34.1 Å². The molecule has 24 heavy (non-hydrogen) atoms. The number of nitro groups is 1. The van der Waals surface area contributed by atoms with E-state index in [1.54, 1.807) is 12.1 Å². The van der Waals surface area contributed by atoms with E-state index in [0.717, 1.165) is 12.1 Å². The van der Waals surface area contributed by atoms with E-state index < -0.39 is 33.6 Å². The highest BCUT2D eigenvalue weighted by Gasteiger charge is 2.22. The van der Waals surface area contributed by atoms with E-state index in [2.05, 4.69) is 15.9 Å². The predicted molar refractivity (Wildman–Crippen MR) is 93.3 cm³/mol. The van der Waals surface area contributed by atoms with Crippen LogP contribution in [0.15, 0.2) is 62.8 Å². The quantitative estimate of drug-likeness (QED) is 0.377. The average molecular weight is 477 g/mol. The standard InChI is InChI=1S/C6H4BrClO2S.C6H4ClNO4S/c7-5-2-1-3-6(4-5)11(8,9)10;7-13(11,12)6-4-2-1-3-5(6)8(9)10/h1-4H;1-4H. The SMILES string of the molecule is O=S(=O)(Cl)c1cccc(Br)c1.O=[N+]([O-])c1ccccc1S(=O)(=O)Cl. The fourth-order valence-corrected chi connectivity index (χ4v) is 3.81. The molecule has 0 heterocycles. The van der Waals surface area contributed by atoms with E-state index >= 15 is 0 Å². The first-order valence-corrected chi connectivity index (χ1v) is 11.2. The summed E-state index contributed by atoms with van der Waals surface area (Å²) in [7, 11) is 2.43. The molecule has 2 aromatic carbocycles. The molecule has 130 valence electrons. The van der Waals surface area contributed by atoms with Crippen LogP contribution in [0.3, 0.4) is 0 Å². The molecule has 0 atom stereocenters. The van der Waals surface area contributed by atoms with Gasteiger partial charge in [-0.05, 0) is 24.3 Å². The van der Waals surface area contributed by atoms with Crippen molar-refractivity contribution in [1.29, 1.82) is 0 Å². The van der Waals surface area contributed by atoms with E-state index in [1.165, 1.54) is 24.3 Å². The van der Waals surface area contributed by atoms with Gasteiger partial charge in [0.1, 0.15) is 0 Å². The maximum atomic E-state index is 10.8. The van der Waals surface area contributed by atoms with Gasteiger partial charge in [0.25, 0.3) is 23.8 Å². The summed E-state index contributed by atoms with van der Waals surface area (Å²) in [6, 6.07) is 11.1. The fraction of sp³-hybridized carbons (Fsp3) is 0. The summed E-state index contributed by atoms with van der Waals surface area (Å²) < 4.78 is 43.8. The number of nitro benzene ring substituents is 1. The number of hydrogen-bond donors (Lipinski definition) is 0. The van der Waals surface area contributed by atoms with Gasteiger partial charge in [-0.15, -0.1) is 0 Å². The Labute approximate surface area is 155 Å². The zero-order valence-corrected chi connectivity index (χ0v) is 16.2. The van der Waals surface area contributed by atoms with Crippen LogP contribution in [-0.4, -0.2) is 21.8 Å². The van der Waals surface area contributed by atoms with Gasteiger partial charge in [0.05, 0.1) is 9.82 Å². The van der Waals surface area contributed by atoms with Crippen molar-refractivity contribution in [3.05, 3.63) is 63.1 Å². The Kier molecular flexibility index (Phi) is 7.17. The number of hydrogen-bond acceptors (Lipinski definition) is 6. The summed E-state index contributed by atoms with van der Waals surface area (Å²) in [5.41, 5.74) is -0.516. The molecule has 0 unspecified atom stereocenters. The molecule has 0 fully saturated rings. The third-order valence-corrected chi connectivity index (χ3v) is 5.62. The van der Waals surface area contributed by atoms with E-state index in [0.29, 0.717) is 4.47 Å². The highest BCUT2D eigenvalue weighted by atomic mass is 79.9. The second-order valence-electron chi connectivity index (χ2n) is 4.06. The monoisotopic (exact) mass is 475 g/mol. The lowest BCUT2D eigenvalue weighted by atomic mass is 10.3. The van der Waals surface area contributed by atoms with Crippen LogP contribution in [0, 0.1) is 10.1 Å². The van der Waals surface area contributed by atoms with Gasteiger partial charge in [-0.2, -0.15) is 0 Å². The molecule has 0 aliphatic heterocycles. The van der Waals surface area contributed by atoms with Crippen LogP contribution >= 0.6 is 37.3 Å². The zero-order valence-electron chi connectivity index (χ0n) is 11.5. The minimum absolute atomic E-state index is 0.105. The van der Waals surface area contributed by atoms with Crippen molar-refractivity contribution < 1.29 is 21.8 Å². The first-order chi connectivity index (χ1) is 10.9. The van der Waals surface area contributed by atoms with Crippen LogP contribution in [0.2, 0.25) is 0 Å². The molecule has 0 saturated carbocycles. The third kappa shape index (κ3) is 6.36. The topological polar surface area (TPSA) is 111 Å². The molecule has 12 heteroatoms. The summed E-state index contributed by atoms with van der Waals surface area (Å²) in [5.74, 6) is 0. The molecule has 0 aliphatic carbocycles. The number of para-hydroxylation sites is 1. The van der Waals surface area contributed by atoms with E-state index in [-0.39, 0.29) is 4.90 Å². The van der Waals surface area contributed by atoms with Crippen molar-refractivity contribution in [2.45, 2.75) is 9.79 Å².